The molecule has 0 saturated heterocycles. The van der Waals surface area contributed by atoms with E-state index in [1.807, 2.05) is 25.1 Å². The lowest BCUT2D eigenvalue weighted by Crippen LogP contribution is -2.26. The van der Waals surface area contributed by atoms with Gasteiger partial charge in [0.2, 0.25) is 0 Å². The van der Waals surface area contributed by atoms with Crippen molar-refractivity contribution < 1.29 is 9.18 Å². The van der Waals surface area contributed by atoms with Crippen molar-refractivity contribution in [2.45, 2.75) is 20.3 Å². The van der Waals surface area contributed by atoms with Gasteiger partial charge in [-0.2, -0.15) is 0 Å². The number of amides is 1. The van der Waals surface area contributed by atoms with Crippen molar-refractivity contribution in [2.24, 2.45) is 0 Å². The summed E-state index contributed by atoms with van der Waals surface area (Å²) in [5.74, 6) is -0.0500. The lowest BCUT2D eigenvalue weighted by atomic mass is 10.1. The zero-order valence-electron chi connectivity index (χ0n) is 15.3. The molecule has 2 N–H and O–H groups in total. The van der Waals surface area contributed by atoms with Crippen molar-refractivity contribution in [1.82, 2.24) is 15.3 Å². The van der Waals surface area contributed by atoms with Crippen molar-refractivity contribution in [3.63, 3.8) is 0 Å². The Morgan fingerprint density at radius 3 is 2.56 bits per heavy atom. The van der Waals surface area contributed by atoms with E-state index in [4.69, 9.17) is 0 Å². The Morgan fingerprint density at radius 2 is 1.85 bits per heavy atom. The second kappa shape index (κ2) is 8.40. The molecule has 138 valence electrons. The number of rotatable bonds is 6. The Bertz CT molecular complexity index is 941. The topological polar surface area (TPSA) is 66.9 Å². The average Bonchev–Trinajstić information content (AvgIpc) is 2.67. The Labute approximate surface area is 157 Å². The first-order valence-electron chi connectivity index (χ1n) is 8.71. The highest BCUT2D eigenvalue weighted by Crippen LogP contribution is 2.17. The van der Waals surface area contributed by atoms with E-state index in [0.717, 1.165) is 5.69 Å². The van der Waals surface area contributed by atoms with Gasteiger partial charge in [-0.25, -0.2) is 14.4 Å². The monoisotopic (exact) mass is 364 g/mol. The third kappa shape index (κ3) is 4.88. The predicted octanol–water partition coefficient (Wildman–Crippen LogP) is 3.95. The number of anilines is 2. The SMILES string of the molecule is Cc1ccc(Nc2cnc(C(=O)NCCc3ccccc3F)cn2)cc1C. The predicted molar refractivity (Wildman–Crippen MR) is 104 cm³/mol. The smallest absolute Gasteiger partial charge is 0.271 e. The quantitative estimate of drug-likeness (QED) is 0.695. The van der Waals surface area contributed by atoms with Crippen molar-refractivity contribution in [2.75, 3.05) is 11.9 Å². The summed E-state index contributed by atoms with van der Waals surface area (Å²) in [7, 11) is 0. The minimum absolute atomic E-state index is 0.217. The van der Waals surface area contributed by atoms with Crippen molar-refractivity contribution >= 4 is 17.4 Å². The number of aryl methyl sites for hydroxylation is 2. The Balaban J connectivity index is 1.55. The van der Waals surface area contributed by atoms with Gasteiger partial charge in [0.15, 0.2) is 0 Å². The van der Waals surface area contributed by atoms with Gasteiger partial charge in [0.1, 0.15) is 17.3 Å². The van der Waals surface area contributed by atoms with Gasteiger partial charge in [0.25, 0.3) is 5.91 Å². The van der Waals surface area contributed by atoms with E-state index in [2.05, 4.69) is 27.5 Å². The van der Waals surface area contributed by atoms with Crippen LogP contribution in [0.15, 0.2) is 54.9 Å². The average molecular weight is 364 g/mol. The Morgan fingerprint density at radius 1 is 1.04 bits per heavy atom. The summed E-state index contributed by atoms with van der Waals surface area (Å²) in [5.41, 5.74) is 4.09. The highest BCUT2D eigenvalue weighted by atomic mass is 19.1. The molecule has 3 aromatic rings. The van der Waals surface area contributed by atoms with Crippen LogP contribution in [-0.4, -0.2) is 22.4 Å². The zero-order chi connectivity index (χ0) is 19.2. The second-order valence-electron chi connectivity index (χ2n) is 6.31. The minimum Gasteiger partial charge on any atom is -0.350 e. The van der Waals surface area contributed by atoms with E-state index in [0.29, 0.717) is 24.3 Å². The lowest BCUT2D eigenvalue weighted by Gasteiger charge is -2.09. The van der Waals surface area contributed by atoms with Crippen LogP contribution < -0.4 is 10.6 Å². The molecule has 0 atom stereocenters. The molecule has 0 unspecified atom stereocenters. The molecule has 1 amide bonds. The van der Waals surface area contributed by atoms with E-state index in [9.17, 15) is 9.18 Å². The van der Waals surface area contributed by atoms with E-state index in [-0.39, 0.29) is 17.4 Å². The maximum atomic E-state index is 13.6. The first kappa shape index (κ1) is 18.5. The second-order valence-corrected chi connectivity index (χ2v) is 6.31. The lowest BCUT2D eigenvalue weighted by molar-refractivity contribution is 0.0948. The molecule has 6 heteroatoms. The van der Waals surface area contributed by atoms with E-state index in [1.54, 1.807) is 18.2 Å². The van der Waals surface area contributed by atoms with E-state index in [1.165, 1.54) is 29.6 Å². The molecule has 1 aromatic heterocycles. The molecule has 0 aliphatic rings. The van der Waals surface area contributed by atoms with Gasteiger partial charge in [0, 0.05) is 12.2 Å². The normalized spacial score (nSPS) is 10.5. The van der Waals surface area contributed by atoms with Gasteiger partial charge in [-0.05, 0) is 55.2 Å². The van der Waals surface area contributed by atoms with Crippen LogP contribution in [0.3, 0.4) is 0 Å². The number of hydrogen-bond acceptors (Lipinski definition) is 4. The van der Waals surface area contributed by atoms with Crippen LogP contribution in [0.25, 0.3) is 0 Å². The molecule has 0 saturated carbocycles. The molecule has 0 bridgehead atoms. The summed E-state index contributed by atoms with van der Waals surface area (Å²) in [5, 5.41) is 5.89. The fourth-order valence-electron chi connectivity index (χ4n) is 2.58. The maximum Gasteiger partial charge on any atom is 0.271 e. The number of nitrogens with one attached hydrogen (secondary N) is 2. The molecule has 0 fully saturated rings. The van der Waals surface area contributed by atoms with Gasteiger partial charge in [-0.3, -0.25) is 4.79 Å². The summed E-state index contributed by atoms with van der Waals surface area (Å²) >= 11 is 0. The molecular weight excluding hydrogens is 343 g/mol. The molecule has 0 aliphatic carbocycles. The molecule has 3 rings (SSSR count). The number of nitrogens with zero attached hydrogens (tertiary/aromatic N) is 2. The third-order valence-corrected chi connectivity index (χ3v) is 4.30. The van der Waals surface area contributed by atoms with Crippen LogP contribution in [0, 0.1) is 19.7 Å². The number of hydrogen-bond donors (Lipinski definition) is 2. The van der Waals surface area contributed by atoms with Crippen LogP contribution in [0.1, 0.15) is 27.2 Å². The highest BCUT2D eigenvalue weighted by Gasteiger charge is 2.09. The van der Waals surface area contributed by atoms with Crippen molar-refractivity contribution in [3.8, 4) is 0 Å². The number of carbonyl (C=O) groups is 1. The van der Waals surface area contributed by atoms with E-state index >= 15 is 0 Å². The first-order valence-corrected chi connectivity index (χ1v) is 8.71. The molecule has 0 aliphatic heterocycles. The minimum atomic E-state index is -0.337. The molecule has 27 heavy (non-hydrogen) atoms. The number of aromatic nitrogens is 2. The number of carbonyl (C=O) groups excluding carboxylic acids is 1. The van der Waals surface area contributed by atoms with Crippen LogP contribution in [0.5, 0.6) is 0 Å². The summed E-state index contributed by atoms with van der Waals surface area (Å²) in [4.78, 5) is 20.5. The third-order valence-electron chi connectivity index (χ3n) is 4.30. The fraction of sp³-hybridized carbons (Fsp3) is 0.190. The van der Waals surface area contributed by atoms with Crippen molar-refractivity contribution in [1.29, 1.82) is 0 Å². The zero-order valence-corrected chi connectivity index (χ0v) is 15.3. The molecule has 5 nitrogen and oxygen atoms in total. The van der Waals surface area contributed by atoms with E-state index < -0.39 is 0 Å². The summed E-state index contributed by atoms with van der Waals surface area (Å²) in [6.07, 6.45) is 3.35. The molecule has 2 aromatic carbocycles. The molecule has 0 radical (unpaired) electrons. The van der Waals surface area contributed by atoms with Crippen LogP contribution in [0.2, 0.25) is 0 Å². The molecular formula is C21H21FN4O. The summed E-state index contributed by atoms with van der Waals surface area (Å²) in [6, 6.07) is 12.5. The number of halogens is 1. The summed E-state index contributed by atoms with van der Waals surface area (Å²) in [6.45, 7) is 4.42. The van der Waals surface area contributed by atoms with Crippen LogP contribution >= 0.6 is 0 Å². The Kier molecular flexibility index (Phi) is 5.76. The number of benzene rings is 2. The van der Waals surface area contributed by atoms with Crippen molar-refractivity contribution in [3.05, 3.63) is 83.1 Å². The largest absolute Gasteiger partial charge is 0.350 e. The first-order chi connectivity index (χ1) is 13.0. The van der Waals surface area contributed by atoms with Gasteiger partial charge in [-0.15, -0.1) is 0 Å². The van der Waals surface area contributed by atoms with Gasteiger partial charge in [0.05, 0.1) is 12.4 Å². The Hall–Kier alpha value is -3.28. The highest BCUT2D eigenvalue weighted by molar-refractivity contribution is 5.92. The van der Waals surface area contributed by atoms with Crippen LogP contribution in [-0.2, 0) is 6.42 Å². The summed E-state index contributed by atoms with van der Waals surface area (Å²) < 4.78 is 13.6. The fourth-order valence-corrected chi connectivity index (χ4v) is 2.58. The maximum absolute atomic E-state index is 13.6. The van der Waals surface area contributed by atoms with Gasteiger partial charge >= 0.3 is 0 Å². The standard InChI is InChI=1S/C21H21FN4O/c1-14-7-8-17(11-15(14)2)26-20-13-24-19(12-25-20)21(27)23-10-9-16-5-3-4-6-18(16)22/h3-8,11-13H,9-10H2,1-2H3,(H,23,27)(H,25,26). The molecule has 1 heterocycles. The van der Waals surface area contributed by atoms with Gasteiger partial charge < -0.3 is 10.6 Å². The van der Waals surface area contributed by atoms with Gasteiger partial charge in [-0.1, -0.05) is 24.3 Å². The molecule has 0 spiro atoms. The van der Waals surface area contributed by atoms with Crippen LogP contribution in [0.4, 0.5) is 15.9 Å².